The second-order valence-corrected chi connectivity index (χ2v) is 5.31. The number of ether oxygens (including phenoxy) is 1. The molecule has 4 nitrogen and oxygen atoms in total. The number of rotatable bonds is 5. The molecule has 0 aliphatic carbocycles. The third-order valence-corrected chi connectivity index (χ3v) is 3.27. The average molecular weight is 359 g/mol. The fourth-order valence-corrected chi connectivity index (χ4v) is 2.10. The smallest absolute Gasteiger partial charge is 0.264 e. The first-order valence-electron chi connectivity index (χ1n) is 6.58. The number of methoxy groups -OCH3 is 1. The van der Waals surface area contributed by atoms with Crippen molar-refractivity contribution in [2.45, 2.75) is 0 Å². The molecule has 2 rings (SSSR count). The Morgan fingerprint density at radius 3 is 2.64 bits per heavy atom. The van der Waals surface area contributed by atoms with E-state index in [4.69, 9.17) is 4.74 Å². The molecule has 0 aromatic heterocycles. The number of hydrogen-bond donors (Lipinski definition) is 1. The van der Waals surface area contributed by atoms with Gasteiger partial charge in [-0.25, -0.2) is 5.43 Å². The van der Waals surface area contributed by atoms with E-state index in [0.717, 1.165) is 21.3 Å². The standard InChI is InChI=1S/C17H15BrN2O2/c1-22-16-8-5-13(6-9-16)7-10-17(21)20-19-12-14-3-2-4-15(18)11-14/h2-12H,1H3,(H,20,21). The minimum atomic E-state index is -0.290. The largest absolute Gasteiger partial charge is 0.497 e. The van der Waals surface area contributed by atoms with Gasteiger partial charge in [-0.3, -0.25) is 4.79 Å². The van der Waals surface area contributed by atoms with E-state index in [1.54, 1.807) is 19.4 Å². The highest BCUT2D eigenvalue weighted by molar-refractivity contribution is 9.10. The third-order valence-electron chi connectivity index (χ3n) is 2.78. The molecule has 0 bridgehead atoms. The van der Waals surface area contributed by atoms with Crippen molar-refractivity contribution < 1.29 is 9.53 Å². The summed E-state index contributed by atoms with van der Waals surface area (Å²) in [6, 6.07) is 15.0. The van der Waals surface area contributed by atoms with E-state index in [9.17, 15) is 4.79 Å². The molecule has 0 atom stereocenters. The van der Waals surface area contributed by atoms with Crippen LogP contribution in [0.1, 0.15) is 11.1 Å². The van der Waals surface area contributed by atoms with Crippen molar-refractivity contribution in [3.05, 3.63) is 70.2 Å². The number of amides is 1. The summed E-state index contributed by atoms with van der Waals surface area (Å²) in [5.41, 5.74) is 4.25. The molecule has 22 heavy (non-hydrogen) atoms. The van der Waals surface area contributed by atoms with Crippen LogP contribution in [0.25, 0.3) is 6.08 Å². The lowest BCUT2D eigenvalue weighted by Crippen LogP contribution is -2.14. The molecule has 1 amide bonds. The molecule has 0 saturated heterocycles. The molecule has 0 spiro atoms. The van der Waals surface area contributed by atoms with Gasteiger partial charge in [-0.2, -0.15) is 5.10 Å². The van der Waals surface area contributed by atoms with E-state index < -0.39 is 0 Å². The van der Waals surface area contributed by atoms with Crippen molar-refractivity contribution in [3.63, 3.8) is 0 Å². The van der Waals surface area contributed by atoms with E-state index in [-0.39, 0.29) is 5.91 Å². The first kappa shape index (κ1) is 16.0. The number of hydrogen-bond acceptors (Lipinski definition) is 3. The van der Waals surface area contributed by atoms with Gasteiger partial charge < -0.3 is 4.74 Å². The Bertz CT molecular complexity index is 694. The average Bonchev–Trinajstić information content (AvgIpc) is 2.53. The molecule has 0 saturated carbocycles. The number of nitrogens with one attached hydrogen (secondary N) is 1. The second-order valence-electron chi connectivity index (χ2n) is 4.40. The molecule has 0 aliphatic heterocycles. The maximum Gasteiger partial charge on any atom is 0.264 e. The predicted molar refractivity (Wildman–Crippen MR) is 91.9 cm³/mol. The summed E-state index contributed by atoms with van der Waals surface area (Å²) in [5, 5.41) is 3.91. The van der Waals surface area contributed by atoms with Gasteiger partial charge in [-0.1, -0.05) is 40.2 Å². The zero-order valence-electron chi connectivity index (χ0n) is 12.0. The number of benzene rings is 2. The topological polar surface area (TPSA) is 50.7 Å². The minimum absolute atomic E-state index is 0.290. The summed E-state index contributed by atoms with van der Waals surface area (Å²) >= 11 is 3.37. The number of nitrogens with zero attached hydrogens (tertiary/aromatic N) is 1. The summed E-state index contributed by atoms with van der Waals surface area (Å²) in [5.74, 6) is 0.488. The molecule has 0 radical (unpaired) electrons. The molecule has 2 aromatic carbocycles. The highest BCUT2D eigenvalue weighted by Crippen LogP contribution is 2.12. The van der Waals surface area contributed by atoms with Crippen LogP contribution in [0.3, 0.4) is 0 Å². The molecular formula is C17H15BrN2O2. The van der Waals surface area contributed by atoms with Crippen molar-refractivity contribution in [3.8, 4) is 5.75 Å². The van der Waals surface area contributed by atoms with Crippen LogP contribution in [0.15, 0.2) is 64.2 Å². The fraction of sp³-hybridized carbons (Fsp3) is 0.0588. The Hall–Kier alpha value is -2.40. The summed E-state index contributed by atoms with van der Waals surface area (Å²) in [6.07, 6.45) is 4.73. The van der Waals surface area contributed by atoms with E-state index >= 15 is 0 Å². The second kappa shape index (κ2) is 8.14. The van der Waals surface area contributed by atoms with Gasteiger partial charge in [0.25, 0.3) is 5.91 Å². The summed E-state index contributed by atoms with van der Waals surface area (Å²) in [6.45, 7) is 0. The molecular weight excluding hydrogens is 344 g/mol. The predicted octanol–water partition coefficient (Wildman–Crippen LogP) is 3.62. The lowest BCUT2D eigenvalue weighted by atomic mass is 10.2. The van der Waals surface area contributed by atoms with Crippen LogP contribution in [0.4, 0.5) is 0 Å². The first-order chi connectivity index (χ1) is 10.7. The highest BCUT2D eigenvalue weighted by Gasteiger charge is 1.94. The van der Waals surface area contributed by atoms with Gasteiger partial charge in [-0.15, -0.1) is 0 Å². The molecule has 2 aromatic rings. The Kier molecular flexibility index (Phi) is 5.91. The zero-order chi connectivity index (χ0) is 15.8. The van der Waals surface area contributed by atoms with Crippen LogP contribution in [-0.2, 0) is 4.79 Å². The van der Waals surface area contributed by atoms with Gasteiger partial charge in [0.15, 0.2) is 0 Å². The molecule has 0 heterocycles. The van der Waals surface area contributed by atoms with Gasteiger partial charge in [0.2, 0.25) is 0 Å². The first-order valence-corrected chi connectivity index (χ1v) is 7.37. The van der Waals surface area contributed by atoms with E-state index in [0.29, 0.717) is 0 Å². The molecule has 0 aliphatic rings. The SMILES string of the molecule is COc1ccc(C=CC(=O)NN=Cc2cccc(Br)c2)cc1. The summed E-state index contributed by atoms with van der Waals surface area (Å²) in [4.78, 5) is 11.7. The van der Waals surface area contributed by atoms with Crippen LogP contribution < -0.4 is 10.2 Å². The quantitative estimate of drug-likeness (QED) is 0.504. The van der Waals surface area contributed by atoms with Gasteiger partial charge in [0, 0.05) is 10.5 Å². The summed E-state index contributed by atoms with van der Waals surface area (Å²) < 4.78 is 6.03. The van der Waals surface area contributed by atoms with Crippen molar-refractivity contribution in [2.75, 3.05) is 7.11 Å². The van der Waals surface area contributed by atoms with Crippen LogP contribution in [0.5, 0.6) is 5.75 Å². The van der Waals surface area contributed by atoms with Crippen LogP contribution in [0.2, 0.25) is 0 Å². The molecule has 0 unspecified atom stereocenters. The van der Waals surface area contributed by atoms with Crippen LogP contribution in [0, 0.1) is 0 Å². The fourth-order valence-electron chi connectivity index (χ4n) is 1.68. The monoisotopic (exact) mass is 358 g/mol. The third kappa shape index (κ3) is 5.18. The maximum absolute atomic E-state index is 11.7. The number of carbonyl (C=O) groups excluding carboxylic acids is 1. The van der Waals surface area contributed by atoms with Crippen LogP contribution in [-0.4, -0.2) is 19.2 Å². The number of hydrazone groups is 1. The van der Waals surface area contributed by atoms with Crippen molar-refractivity contribution in [2.24, 2.45) is 5.10 Å². The number of carbonyl (C=O) groups is 1. The van der Waals surface area contributed by atoms with Gasteiger partial charge in [0.1, 0.15) is 5.75 Å². The molecule has 5 heteroatoms. The van der Waals surface area contributed by atoms with Gasteiger partial charge >= 0.3 is 0 Å². The lowest BCUT2D eigenvalue weighted by Gasteiger charge is -1.99. The minimum Gasteiger partial charge on any atom is -0.497 e. The number of halogens is 1. The van der Waals surface area contributed by atoms with E-state index in [1.165, 1.54) is 6.08 Å². The normalized spacial score (nSPS) is 11.0. The van der Waals surface area contributed by atoms with E-state index in [2.05, 4.69) is 26.5 Å². The lowest BCUT2D eigenvalue weighted by molar-refractivity contribution is -0.116. The highest BCUT2D eigenvalue weighted by atomic mass is 79.9. The van der Waals surface area contributed by atoms with E-state index in [1.807, 2.05) is 48.5 Å². The summed E-state index contributed by atoms with van der Waals surface area (Å²) in [7, 11) is 1.61. The van der Waals surface area contributed by atoms with Crippen molar-refractivity contribution in [1.29, 1.82) is 0 Å². The Morgan fingerprint density at radius 1 is 1.18 bits per heavy atom. The van der Waals surface area contributed by atoms with Crippen molar-refractivity contribution in [1.82, 2.24) is 5.43 Å². The Morgan fingerprint density at radius 2 is 1.95 bits per heavy atom. The maximum atomic E-state index is 11.7. The Labute approximate surface area is 137 Å². The molecule has 112 valence electrons. The Balaban J connectivity index is 1.88. The molecule has 1 N–H and O–H groups in total. The van der Waals surface area contributed by atoms with Gasteiger partial charge in [-0.05, 0) is 41.5 Å². The van der Waals surface area contributed by atoms with Crippen molar-refractivity contribution >= 4 is 34.1 Å². The van der Waals surface area contributed by atoms with Gasteiger partial charge in [0.05, 0.1) is 13.3 Å². The van der Waals surface area contributed by atoms with Crippen LogP contribution >= 0.6 is 15.9 Å². The zero-order valence-corrected chi connectivity index (χ0v) is 13.6. The molecule has 0 fully saturated rings.